The van der Waals surface area contributed by atoms with Crippen molar-refractivity contribution in [1.82, 2.24) is 14.9 Å². The van der Waals surface area contributed by atoms with Crippen LogP contribution in [0.25, 0.3) is 11.3 Å². The van der Waals surface area contributed by atoms with Crippen LogP contribution in [0, 0.1) is 0 Å². The normalized spacial score (nSPS) is 15.4. The molecule has 1 aromatic heterocycles. The number of carbonyl (C=O) groups excluding carboxylic acids is 1. The lowest BCUT2D eigenvalue weighted by Crippen LogP contribution is -2.38. The number of amides is 1. The molecule has 1 amide bonds. The van der Waals surface area contributed by atoms with E-state index >= 15 is 0 Å². The van der Waals surface area contributed by atoms with E-state index in [9.17, 15) is 4.79 Å². The van der Waals surface area contributed by atoms with Crippen molar-refractivity contribution in [2.75, 3.05) is 19.7 Å². The van der Waals surface area contributed by atoms with Crippen LogP contribution in [-0.4, -0.2) is 40.7 Å². The minimum absolute atomic E-state index is 0.179. The number of H-pyrrole nitrogens is 1. The first kappa shape index (κ1) is 18.0. The molecular formula is C19H24BrN3O2. The molecule has 2 heterocycles. The lowest BCUT2D eigenvalue weighted by Gasteiger charge is -2.30. The molecule has 5 nitrogen and oxygen atoms in total. The average Bonchev–Trinajstić information content (AvgIpc) is 3.13. The van der Waals surface area contributed by atoms with Crippen LogP contribution in [0.1, 0.15) is 44.3 Å². The van der Waals surface area contributed by atoms with Gasteiger partial charge in [-0.3, -0.25) is 0 Å². The maximum absolute atomic E-state index is 12.0. The number of unbranched alkanes of at least 4 members (excludes halogenated alkanes) is 1. The molecule has 0 spiro atoms. The highest BCUT2D eigenvalue weighted by Crippen LogP contribution is 2.28. The van der Waals surface area contributed by atoms with Gasteiger partial charge in [-0.1, -0.05) is 41.4 Å². The first-order valence-corrected chi connectivity index (χ1v) is 9.69. The van der Waals surface area contributed by atoms with Crippen molar-refractivity contribution < 1.29 is 9.53 Å². The van der Waals surface area contributed by atoms with Gasteiger partial charge in [0.15, 0.2) is 0 Å². The second-order valence-corrected chi connectivity index (χ2v) is 7.33. The SMILES string of the molecule is CCCCOC(=O)N1CCC(c2ncc(-c3ccc(Br)cc3)[nH]2)CC1. The van der Waals surface area contributed by atoms with E-state index in [0.717, 1.165) is 60.3 Å². The summed E-state index contributed by atoms with van der Waals surface area (Å²) in [4.78, 5) is 21.8. The second-order valence-electron chi connectivity index (χ2n) is 6.42. The van der Waals surface area contributed by atoms with Gasteiger partial charge in [-0.2, -0.15) is 0 Å². The van der Waals surface area contributed by atoms with Crippen molar-refractivity contribution in [3.63, 3.8) is 0 Å². The third kappa shape index (κ3) is 4.63. The van der Waals surface area contributed by atoms with E-state index < -0.39 is 0 Å². The number of piperidine rings is 1. The maximum atomic E-state index is 12.0. The molecule has 0 aliphatic carbocycles. The van der Waals surface area contributed by atoms with E-state index in [4.69, 9.17) is 4.74 Å². The Morgan fingerprint density at radius 2 is 2.04 bits per heavy atom. The van der Waals surface area contributed by atoms with E-state index in [1.54, 1.807) is 0 Å². The summed E-state index contributed by atoms with van der Waals surface area (Å²) >= 11 is 3.45. The first-order valence-electron chi connectivity index (χ1n) is 8.90. The summed E-state index contributed by atoms with van der Waals surface area (Å²) in [6, 6.07) is 8.18. The Balaban J connectivity index is 1.55. The number of ether oxygens (including phenoxy) is 1. The zero-order valence-corrected chi connectivity index (χ0v) is 16.1. The van der Waals surface area contributed by atoms with Gasteiger partial charge in [0, 0.05) is 23.5 Å². The topological polar surface area (TPSA) is 58.2 Å². The molecule has 6 heteroatoms. The number of aromatic nitrogens is 2. The quantitative estimate of drug-likeness (QED) is 0.715. The van der Waals surface area contributed by atoms with E-state index in [2.05, 4.69) is 45.0 Å². The van der Waals surface area contributed by atoms with Gasteiger partial charge in [0.25, 0.3) is 0 Å². The summed E-state index contributed by atoms with van der Waals surface area (Å²) in [5.74, 6) is 1.38. The number of halogens is 1. The van der Waals surface area contributed by atoms with Gasteiger partial charge in [-0.05, 0) is 37.0 Å². The van der Waals surface area contributed by atoms with E-state index in [1.807, 2.05) is 23.2 Å². The molecule has 1 aromatic carbocycles. The number of imidazole rings is 1. The Labute approximate surface area is 156 Å². The maximum Gasteiger partial charge on any atom is 0.409 e. The van der Waals surface area contributed by atoms with Crippen LogP contribution in [0.5, 0.6) is 0 Å². The molecule has 1 saturated heterocycles. The summed E-state index contributed by atoms with van der Waals surface area (Å²) in [7, 11) is 0. The van der Waals surface area contributed by atoms with Crippen LogP contribution in [0.2, 0.25) is 0 Å². The van der Waals surface area contributed by atoms with Gasteiger partial charge in [0.2, 0.25) is 0 Å². The molecule has 134 valence electrons. The van der Waals surface area contributed by atoms with Crippen LogP contribution in [0.3, 0.4) is 0 Å². The van der Waals surface area contributed by atoms with Crippen LogP contribution < -0.4 is 0 Å². The van der Waals surface area contributed by atoms with Gasteiger partial charge in [-0.25, -0.2) is 9.78 Å². The van der Waals surface area contributed by atoms with Crippen molar-refractivity contribution in [3.8, 4) is 11.3 Å². The Hall–Kier alpha value is -1.82. The highest BCUT2D eigenvalue weighted by Gasteiger charge is 2.26. The molecule has 1 aliphatic rings. The van der Waals surface area contributed by atoms with Crippen LogP contribution in [-0.2, 0) is 4.74 Å². The molecule has 1 fully saturated rings. The van der Waals surface area contributed by atoms with Gasteiger partial charge in [0.05, 0.1) is 18.5 Å². The second kappa shape index (κ2) is 8.52. The fraction of sp³-hybridized carbons (Fsp3) is 0.474. The highest BCUT2D eigenvalue weighted by molar-refractivity contribution is 9.10. The van der Waals surface area contributed by atoms with Crippen molar-refractivity contribution in [1.29, 1.82) is 0 Å². The van der Waals surface area contributed by atoms with Gasteiger partial charge in [0.1, 0.15) is 5.82 Å². The highest BCUT2D eigenvalue weighted by atomic mass is 79.9. The fourth-order valence-corrected chi connectivity index (χ4v) is 3.32. The summed E-state index contributed by atoms with van der Waals surface area (Å²) < 4.78 is 6.36. The van der Waals surface area contributed by atoms with Crippen molar-refractivity contribution >= 4 is 22.0 Å². The van der Waals surface area contributed by atoms with Crippen LogP contribution >= 0.6 is 15.9 Å². The van der Waals surface area contributed by atoms with E-state index in [-0.39, 0.29) is 6.09 Å². The largest absolute Gasteiger partial charge is 0.449 e. The van der Waals surface area contributed by atoms with Gasteiger partial charge in [-0.15, -0.1) is 0 Å². The number of nitrogens with zero attached hydrogens (tertiary/aromatic N) is 2. The Morgan fingerprint density at radius 1 is 1.32 bits per heavy atom. The third-order valence-electron chi connectivity index (χ3n) is 4.61. The molecule has 1 N–H and O–H groups in total. The van der Waals surface area contributed by atoms with Gasteiger partial charge < -0.3 is 14.6 Å². The summed E-state index contributed by atoms with van der Waals surface area (Å²) in [5, 5.41) is 0. The zero-order chi connectivity index (χ0) is 17.6. The van der Waals surface area contributed by atoms with Crippen molar-refractivity contribution in [2.24, 2.45) is 0 Å². The van der Waals surface area contributed by atoms with E-state index in [1.165, 1.54) is 0 Å². The lowest BCUT2D eigenvalue weighted by atomic mass is 9.96. The lowest BCUT2D eigenvalue weighted by molar-refractivity contribution is 0.0912. The molecule has 25 heavy (non-hydrogen) atoms. The fourth-order valence-electron chi connectivity index (χ4n) is 3.05. The summed E-state index contributed by atoms with van der Waals surface area (Å²) in [6.45, 7) is 4.06. The number of aromatic amines is 1. The molecule has 0 unspecified atom stereocenters. The number of carbonyl (C=O) groups is 1. The third-order valence-corrected chi connectivity index (χ3v) is 5.14. The van der Waals surface area contributed by atoms with Crippen LogP contribution in [0.4, 0.5) is 4.79 Å². The predicted octanol–water partition coefficient (Wildman–Crippen LogP) is 4.96. The monoisotopic (exact) mass is 405 g/mol. The minimum atomic E-state index is -0.179. The number of hydrogen-bond acceptors (Lipinski definition) is 3. The average molecular weight is 406 g/mol. The molecule has 1 aliphatic heterocycles. The molecule has 3 rings (SSSR count). The predicted molar refractivity (Wildman–Crippen MR) is 102 cm³/mol. The molecule has 0 bridgehead atoms. The standard InChI is InChI=1S/C19H24BrN3O2/c1-2-3-12-25-19(24)23-10-8-15(9-11-23)18-21-13-17(22-18)14-4-6-16(20)7-5-14/h4-7,13,15H,2-3,8-12H2,1H3,(H,21,22). The van der Waals surface area contributed by atoms with Crippen molar-refractivity contribution in [3.05, 3.63) is 40.8 Å². The summed E-state index contributed by atoms with van der Waals surface area (Å²) in [5.41, 5.74) is 2.16. The Kier molecular flexibility index (Phi) is 6.13. The van der Waals surface area contributed by atoms with Crippen molar-refractivity contribution in [2.45, 2.75) is 38.5 Å². The van der Waals surface area contributed by atoms with Gasteiger partial charge >= 0.3 is 6.09 Å². The first-order chi connectivity index (χ1) is 12.2. The van der Waals surface area contributed by atoms with E-state index in [0.29, 0.717) is 12.5 Å². The molecular weight excluding hydrogens is 382 g/mol. The molecule has 0 radical (unpaired) electrons. The molecule has 0 atom stereocenters. The molecule has 0 saturated carbocycles. The number of likely N-dealkylation sites (tertiary alicyclic amines) is 1. The zero-order valence-electron chi connectivity index (χ0n) is 14.5. The smallest absolute Gasteiger partial charge is 0.409 e. The Morgan fingerprint density at radius 3 is 2.72 bits per heavy atom. The number of hydrogen-bond donors (Lipinski definition) is 1. The van der Waals surface area contributed by atoms with Crippen LogP contribution in [0.15, 0.2) is 34.9 Å². The molecule has 2 aromatic rings. The number of nitrogens with one attached hydrogen (secondary N) is 1. The number of benzene rings is 1. The Bertz CT molecular complexity index is 691. The number of rotatable bonds is 5. The minimum Gasteiger partial charge on any atom is -0.449 e. The summed E-state index contributed by atoms with van der Waals surface area (Å²) in [6.07, 6.45) is 5.50.